The first-order chi connectivity index (χ1) is 5.86. The third-order valence-electron chi connectivity index (χ3n) is 1.20. The van der Waals surface area contributed by atoms with Crippen molar-refractivity contribution < 1.29 is 4.74 Å². The van der Waals surface area contributed by atoms with E-state index >= 15 is 0 Å². The molecule has 1 heterocycles. The minimum atomic E-state index is 0.304. The Morgan fingerprint density at radius 3 is 2.83 bits per heavy atom. The molecule has 1 aromatic rings. The smallest absolute Gasteiger partial charge is 0.232 e. The monoisotopic (exact) mass is 163 g/mol. The zero-order valence-electron chi connectivity index (χ0n) is 6.82. The molecule has 0 aliphatic rings. The third-order valence-corrected chi connectivity index (χ3v) is 1.20. The average Bonchev–Trinajstić information content (AvgIpc) is 2.15. The van der Waals surface area contributed by atoms with Gasteiger partial charge in [0.1, 0.15) is 6.07 Å². The Morgan fingerprint density at radius 2 is 2.33 bits per heavy atom. The van der Waals surface area contributed by atoms with Crippen LogP contribution >= 0.6 is 0 Å². The van der Waals surface area contributed by atoms with Gasteiger partial charge >= 0.3 is 0 Å². The van der Waals surface area contributed by atoms with Gasteiger partial charge in [-0.3, -0.25) is 0 Å². The molecule has 1 rings (SSSR count). The van der Waals surface area contributed by atoms with E-state index in [4.69, 9.17) is 10.00 Å². The number of hydrogen-bond acceptors (Lipinski definition) is 4. The number of aromatic nitrogens is 2. The van der Waals surface area contributed by atoms with Gasteiger partial charge in [-0.05, 0) is 6.42 Å². The van der Waals surface area contributed by atoms with Crippen LogP contribution < -0.4 is 4.74 Å². The summed E-state index contributed by atoms with van der Waals surface area (Å²) in [5, 5.41) is 8.41. The first-order valence-electron chi connectivity index (χ1n) is 3.71. The van der Waals surface area contributed by atoms with Gasteiger partial charge in [0.05, 0.1) is 19.0 Å². The van der Waals surface area contributed by atoms with Crippen molar-refractivity contribution in [2.24, 2.45) is 0 Å². The lowest BCUT2D eigenvalue weighted by Gasteiger charge is -2.00. The van der Waals surface area contributed by atoms with Crippen LogP contribution in [0.5, 0.6) is 5.88 Å². The molecule has 0 amide bonds. The van der Waals surface area contributed by atoms with Crippen LogP contribution in [0.15, 0.2) is 12.4 Å². The molecule has 1 aromatic heterocycles. The second-order valence-electron chi connectivity index (χ2n) is 2.20. The summed E-state index contributed by atoms with van der Waals surface area (Å²) < 4.78 is 5.17. The van der Waals surface area contributed by atoms with Crippen LogP contribution in [0.2, 0.25) is 0 Å². The summed E-state index contributed by atoms with van der Waals surface area (Å²) in [5.74, 6) is 0.468. The van der Waals surface area contributed by atoms with Gasteiger partial charge in [-0.2, -0.15) is 5.26 Å². The predicted octanol–water partition coefficient (Wildman–Crippen LogP) is 1.14. The van der Waals surface area contributed by atoms with Gasteiger partial charge in [0.2, 0.25) is 5.88 Å². The molecular formula is C8H9N3O. The molecular weight excluding hydrogens is 154 g/mol. The van der Waals surface area contributed by atoms with E-state index in [2.05, 4.69) is 9.97 Å². The fourth-order valence-corrected chi connectivity index (χ4v) is 0.655. The number of nitriles is 1. The normalized spacial score (nSPS) is 9.00. The zero-order chi connectivity index (χ0) is 8.81. The number of hydrogen-bond donors (Lipinski definition) is 0. The molecule has 0 aromatic carbocycles. The highest BCUT2D eigenvalue weighted by molar-refractivity contribution is 5.18. The Hall–Kier alpha value is -1.63. The summed E-state index contributed by atoms with van der Waals surface area (Å²) in [6.07, 6.45) is 3.78. The fraction of sp³-hybridized carbons (Fsp3) is 0.375. The van der Waals surface area contributed by atoms with Crippen LogP contribution in [0.4, 0.5) is 0 Å². The fourth-order valence-electron chi connectivity index (χ4n) is 0.655. The van der Waals surface area contributed by atoms with Crippen molar-refractivity contribution in [2.75, 3.05) is 6.61 Å². The van der Waals surface area contributed by atoms with Gasteiger partial charge < -0.3 is 4.74 Å². The number of nitrogens with zero attached hydrogens (tertiary/aromatic N) is 3. The van der Waals surface area contributed by atoms with Gasteiger partial charge in [0, 0.05) is 0 Å². The Bertz CT molecular complexity index is 275. The molecule has 0 N–H and O–H groups in total. The molecule has 0 aliphatic carbocycles. The summed E-state index contributed by atoms with van der Waals surface area (Å²) in [7, 11) is 0. The van der Waals surface area contributed by atoms with E-state index in [0.717, 1.165) is 6.42 Å². The summed E-state index contributed by atoms with van der Waals surface area (Å²) in [6.45, 7) is 2.64. The minimum absolute atomic E-state index is 0.304. The molecule has 0 saturated heterocycles. The first-order valence-corrected chi connectivity index (χ1v) is 3.71. The molecule has 0 saturated carbocycles. The van der Waals surface area contributed by atoms with Crippen molar-refractivity contribution in [3.8, 4) is 11.9 Å². The minimum Gasteiger partial charge on any atom is -0.477 e. The van der Waals surface area contributed by atoms with Gasteiger partial charge in [0.25, 0.3) is 0 Å². The summed E-state index contributed by atoms with van der Waals surface area (Å²) in [5.41, 5.74) is 0.304. The molecule has 0 radical (unpaired) electrons. The van der Waals surface area contributed by atoms with Gasteiger partial charge in [-0.1, -0.05) is 6.92 Å². The molecule has 0 spiro atoms. The molecule has 0 aliphatic heterocycles. The van der Waals surface area contributed by atoms with Crippen LogP contribution in [0.25, 0.3) is 0 Å². The van der Waals surface area contributed by atoms with Crippen molar-refractivity contribution in [3.63, 3.8) is 0 Å². The van der Waals surface area contributed by atoms with Gasteiger partial charge in [-0.15, -0.1) is 0 Å². The Labute approximate surface area is 70.8 Å². The van der Waals surface area contributed by atoms with Crippen molar-refractivity contribution in [3.05, 3.63) is 18.1 Å². The molecule has 0 fully saturated rings. The average molecular weight is 163 g/mol. The van der Waals surface area contributed by atoms with E-state index in [1.54, 1.807) is 0 Å². The molecule has 4 nitrogen and oxygen atoms in total. The van der Waals surface area contributed by atoms with Crippen LogP contribution in [-0.4, -0.2) is 16.6 Å². The van der Waals surface area contributed by atoms with E-state index < -0.39 is 0 Å². The lowest BCUT2D eigenvalue weighted by Crippen LogP contribution is -1.98. The lowest BCUT2D eigenvalue weighted by molar-refractivity contribution is 0.304. The molecule has 0 atom stereocenters. The SMILES string of the molecule is CCCOc1cnc(C#N)cn1. The Kier molecular flexibility index (Phi) is 3.03. The number of ether oxygens (including phenoxy) is 1. The maximum Gasteiger partial charge on any atom is 0.232 e. The topological polar surface area (TPSA) is 58.8 Å². The van der Waals surface area contributed by atoms with Crippen LogP contribution in [0.3, 0.4) is 0 Å². The maximum atomic E-state index is 8.41. The molecule has 12 heavy (non-hydrogen) atoms. The first kappa shape index (κ1) is 8.47. The summed E-state index contributed by atoms with van der Waals surface area (Å²) >= 11 is 0. The van der Waals surface area contributed by atoms with Crippen LogP contribution in [-0.2, 0) is 0 Å². The molecule has 0 bridgehead atoms. The van der Waals surface area contributed by atoms with Crippen LogP contribution in [0.1, 0.15) is 19.0 Å². The standard InChI is InChI=1S/C8H9N3O/c1-2-3-12-8-6-10-7(4-9)5-11-8/h5-6H,2-3H2,1H3. The molecule has 62 valence electrons. The second-order valence-corrected chi connectivity index (χ2v) is 2.20. The van der Waals surface area contributed by atoms with E-state index in [0.29, 0.717) is 18.2 Å². The molecule has 0 unspecified atom stereocenters. The largest absolute Gasteiger partial charge is 0.477 e. The van der Waals surface area contributed by atoms with Crippen molar-refractivity contribution in [2.45, 2.75) is 13.3 Å². The second kappa shape index (κ2) is 4.29. The Morgan fingerprint density at radius 1 is 1.50 bits per heavy atom. The van der Waals surface area contributed by atoms with Crippen molar-refractivity contribution >= 4 is 0 Å². The quantitative estimate of drug-likeness (QED) is 0.670. The molecule has 4 heteroatoms. The maximum absolute atomic E-state index is 8.41. The predicted molar refractivity (Wildman–Crippen MR) is 42.5 cm³/mol. The zero-order valence-corrected chi connectivity index (χ0v) is 6.82. The lowest BCUT2D eigenvalue weighted by atomic mass is 10.5. The van der Waals surface area contributed by atoms with Crippen molar-refractivity contribution in [1.29, 1.82) is 5.26 Å². The summed E-state index contributed by atoms with van der Waals surface area (Å²) in [4.78, 5) is 7.68. The van der Waals surface area contributed by atoms with E-state index in [1.165, 1.54) is 12.4 Å². The van der Waals surface area contributed by atoms with E-state index in [9.17, 15) is 0 Å². The van der Waals surface area contributed by atoms with Gasteiger partial charge in [-0.25, -0.2) is 9.97 Å². The Balaban J connectivity index is 2.60. The van der Waals surface area contributed by atoms with Gasteiger partial charge in [0.15, 0.2) is 5.69 Å². The summed E-state index contributed by atoms with van der Waals surface area (Å²) in [6, 6.07) is 1.88. The number of rotatable bonds is 3. The van der Waals surface area contributed by atoms with Crippen LogP contribution in [0, 0.1) is 11.3 Å². The van der Waals surface area contributed by atoms with E-state index in [-0.39, 0.29) is 0 Å². The highest BCUT2D eigenvalue weighted by Gasteiger charge is 1.95. The van der Waals surface area contributed by atoms with Crippen molar-refractivity contribution in [1.82, 2.24) is 9.97 Å². The highest BCUT2D eigenvalue weighted by atomic mass is 16.5. The third kappa shape index (κ3) is 2.20. The highest BCUT2D eigenvalue weighted by Crippen LogP contribution is 2.03. The van der Waals surface area contributed by atoms with E-state index in [1.807, 2.05) is 13.0 Å².